The number of piperazine rings is 1. The summed E-state index contributed by atoms with van der Waals surface area (Å²) in [6.07, 6.45) is -0.298. The van der Waals surface area contributed by atoms with Gasteiger partial charge in [0, 0.05) is 26.2 Å². The van der Waals surface area contributed by atoms with Crippen LogP contribution in [0.1, 0.15) is 32.4 Å². The summed E-state index contributed by atoms with van der Waals surface area (Å²) in [6, 6.07) is 6.07. The van der Waals surface area contributed by atoms with Crippen LogP contribution in [0.5, 0.6) is 0 Å². The van der Waals surface area contributed by atoms with E-state index in [2.05, 4.69) is 5.32 Å². The van der Waals surface area contributed by atoms with Crippen molar-refractivity contribution in [2.24, 2.45) is 5.92 Å². The minimum atomic E-state index is -0.298. The zero-order valence-corrected chi connectivity index (χ0v) is 15.7. The van der Waals surface area contributed by atoms with Crippen LogP contribution in [0.25, 0.3) is 0 Å². The van der Waals surface area contributed by atoms with Gasteiger partial charge in [-0.2, -0.15) is 0 Å². The average Bonchev–Trinajstić information content (AvgIpc) is 2.61. The number of amides is 2. The molecule has 1 unspecified atom stereocenters. The molecule has 1 aliphatic rings. The van der Waals surface area contributed by atoms with Gasteiger partial charge in [0.25, 0.3) is 0 Å². The first-order valence-electron chi connectivity index (χ1n) is 9.09. The smallest absolute Gasteiger partial charge is 0.409 e. The maximum absolute atomic E-state index is 13.1. The number of hydrogen-bond donors (Lipinski definition) is 1. The highest BCUT2D eigenvalue weighted by molar-refractivity contribution is 5.78. The molecular weight excluding hydrogens is 337 g/mol. The Bertz CT molecular complexity index is 599. The van der Waals surface area contributed by atoms with Crippen molar-refractivity contribution < 1.29 is 18.7 Å². The van der Waals surface area contributed by atoms with Gasteiger partial charge in [-0.3, -0.25) is 9.69 Å². The second kappa shape index (κ2) is 9.52. The topological polar surface area (TPSA) is 61.9 Å². The number of rotatable bonds is 6. The number of nitrogens with zero attached hydrogens (tertiary/aromatic N) is 2. The summed E-state index contributed by atoms with van der Waals surface area (Å²) in [5.41, 5.74) is 0.891. The Hall–Kier alpha value is -2.15. The fourth-order valence-electron chi connectivity index (χ4n) is 3.03. The van der Waals surface area contributed by atoms with E-state index in [1.807, 2.05) is 18.7 Å². The lowest BCUT2D eigenvalue weighted by Crippen LogP contribution is -2.51. The maximum atomic E-state index is 13.1. The molecule has 0 bridgehead atoms. The van der Waals surface area contributed by atoms with E-state index < -0.39 is 0 Å². The Labute approximate surface area is 154 Å². The van der Waals surface area contributed by atoms with Crippen molar-refractivity contribution in [2.75, 3.05) is 39.3 Å². The third-order valence-electron chi connectivity index (χ3n) is 4.48. The number of ether oxygens (including phenoxy) is 1. The standard InChI is InChI=1S/C19H28FN3O3/c1-4-26-19(25)23-11-9-22(10-12-23)13-17(24)21-18(14(2)3)15-5-7-16(20)8-6-15/h5-8,14,18H,4,9-13H2,1-3H3,(H,21,24). The Morgan fingerprint density at radius 2 is 1.77 bits per heavy atom. The fraction of sp³-hybridized carbons (Fsp3) is 0.579. The summed E-state index contributed by atoms with van der Waals surface area (Å²) in [7, 11) is 0. The van der Waals surface area contributed by atoms with Crippen LogP contribution >= 0.6 is 0 Å². The largest absolute Gasteiger partial charge is 0.450 e. The third-order valence-corrected chi connectivity index (χ3v) is 4.48. The first kappa shape index (κ1) is 20.2. The van der Waals surface area contributed by atoms with E-state index in [0.717, 1.165) is 5.56 Å². The molecule has 1 aromatic carbocycles. The minimum absolute atomic E-state index is 0.0717. The first-order chi connectivity index (χ1) is 12.4. The van der Waals surface area contributed by atoms with Crippen molar-refractivity contribution in [3.8, 4) is 0 Å². The van der Waals surface area contributed by atoms with Gasteiger partial charge in [0.15, 0.2) is 0 Å². The molecule has 0 radical (unpaired) electrons. The normalized spacial score (nSPS) is 16.4. The van der Waals surface area contributed by atoms with Gasteiger partial charge >= 0.3 is 6.09 Å². The molecule has 2 amide bonds. The van der Waals surface area contributed by atoms with Crippen molar-refractivity contribution in [3.05, 3.63) is 35.6 Å². The molecule has 0 aliphatic carbocycles. The van der Waals surface area contributed by atoms with Crippen LogP contribution in [-0.2, 0) is 9.53 Å². The molecule has 0 spiro atoms. The summed E-state index contributed by atoms with van der Waals surface area (Å²) in [5.74, 6) is -0.176. The monoisotopic (exact) mass is 365 g/mol. The Morgan fingerprint density at radius 3 is 2.31 bits per heavy atom. The molecule has 1 fully saturated rings. The number of carbonyl (C=O) groups is 2. The maximum Gasteiger partial charge on any atom is 0.409 e. The molecule has 1 aliphatic heterocycles. The van der Waals surface area contributed by atoms with Gasteiger partial charge in [-0.1, -0.05) is 26.0 Å². The van der Waals surface area contributed by atoms with Gasteiger partial charge in [-0.15, -0.1) is 0 Å². The lowest BCUT2D eigenvalue weighted by atomic mass is 9.96. The quantitative estimate of drug-likeness (QED) is 0.841. The SMILES string of the molecule is CCOC(=O)N1CCN(CC(=O)NC(c2ccc(F)cc2)C(C)C)CC1. The molecule has 1 heterocycles. The second-order valence-corrected chi connectivity index (χ2v) is 6.80. The second-order valence-electron chi connectivity index (χ2n) is 6.80. The summed E-state index contributed by atoms with van der Waals surface area (Å²) >= 11 is 0. The van der Waals surface area contributed by atoms with E-state index in [9.17, 15) is 14.0 Å². The molecule has 144 valence electrons. The molecule has 6 nitrogen and oxygen atoms in total. The zero-order valence-electron chi connectivity index (χ0n) is 15.7. The summed E-state index contributed by atoms with van der Waals surface area (Å²) < 4.78 is 18.1. The zero-order chi connectivity index (χ0) is 19.1. The summed E-state index contributed by atoms with van der Waals surface area (Å²) in [6.45, 7) is 8.84. The number of benzene rings is 1. The van der Waals surface area contributed by atoms with Crippen LogP contribution in [0.2, 0.25) is 0 Å². The molecule has 26 heavy (non-hydrogen) atoms. The van der Waals surface area contributed by atoms with Gasteiger partial charge in [0.1, 0.15) is 5.82 Å². The third kappa shape index (κ3) is 5.69. The molecule has 1 atom stereocenters. The van der Waals surface area contributed by atoms with E-state index in [1.165, 1.54) is 12.1 Å². The predicted octanol–water partition coefficient (Wildman–Crippen LogP) is 2.41. The van der Waals surface area contributed by atoms with Gasteiger partial charge in [0.2, 0.25) is 5.91 Å². The molecular formula is C19H28FN3O3. The molecule has 7 heteroatoms. The molecule has 1 N–H and O–H groups in total. The van der Waals surface area contributed by atoms with Crippen molar-refractivity contribution in [2.45, 2.75) is 26.8 Å². The highest BCUT2D eigenvalue weighted by Crippen LogP contribution is 2.22. The van der Waals surface area contributed by atoms with Gasteiger partial charge < -0.3 is 15.0 Å². The van der Waals surface area contributed by atoms with E-state index >= 15 is 0 Å². The van der Waals surface area contributed by atoms with Crippen LogP contribution in [0.3, 0.4) is 0 Å². The van der Waals surface area contributed by atoms with Crippen LogP contribution in [-0.4, -0.2) is 61.1 Å². The van der Waals surface area contributed by atoms with Crippen LogP contribution in [0.4, 0.5) is 9.18 Å². The Morgan fingerprint density at radius 1 is 1.15 bits per heavy atom. The van der Waals surface area contributed by atoms with E-state index in [0.29, 0.717) is 32.8 Å². The molecule has 0 saturated carbocycles. The van der Waals surface area contributed by atoms with Gasteiger partial charge in [-0.05, 0) is 30.5 Å². The average molecular weight is 365 g/mol. The molecule has 1 saturated heterocycles. The van der Waals surface area contributed by atoms with Crippen molar-refractivity contribution in [1.82, 2.24) is 15.1 Å². The number of nitrogens with one attached hydrogen (secondary N) is 1. The Balaban J connectivity index is 1.85. The van der Waals surface area contributed by atoms with Crippen LogP contribution < -0.4 is 5.32 Å². The fourth-order valence-corrected chi connectivity index (χ4v) is 3.03. The Kier molecular flexibility index (Phi) is 7.38. The predicted molar refractivity (Wildman–Crippen MR) is 97.2 cm³/mol. The summed E-state index contributed by atoms with van der Waals surface area (Å²) in [5, 5.41) is 3.05. The van der Waals surface area contributed by atoms with Crippen LogP contribution in [0, 0.1) is 11.7 Å². The first-order valence-corrected chi connectivity index (χ1v) is 9.09. The van der Waals surface area contributed by atoms with Crippen molar-refractivity contribution in [3.63, 3.8) is 0 Å². The van der Waals surface area contributed by atoms with Crippen LogP contribution in [0.15, 0.2) is 24.3 Å². The van der Waals surface area contributed by atoms with Crippen molar-refractivity contribution in [1.29, 1.82) is 0 Å². The number of halogens is 1. The molecule has 1 aromatic rings. The molecule has 2 rings (SSSR count). The van der Waals surface area contributed by atoms with Crippen molar-refractivity contribution >= 4 is 12.0 Å². The van der Waals surface area contributed by atoms with E-state index in [4.69, 9.17) is 4.74 Å². The van der Waals surface area contributed by atoms with E-state index in [1.54, 1.807) is 24.0 Å². The molecule has 0 aromatic heterocycles. The van der Waals surface area contributed by atoms with Gasteiger partial charge in [0.05, 0.1) is 19.2 Å². The lowest BCUT2D eigenvalue weighted by Gasteiger charge is -2.34. The van der Waals surface area contributed by atoms with E-state index in [-0.39, 0.29) is 36.3 Å². The summed E-state index contributed by atoms with van der Waals surface area (Å²) in [4.78, 5) is 27.8. The number of carbonyl (C=O) groups excluding carboxylic acids is 2. The minimum Gasteiger partial charge on any atom is -0.450 e. The number of hydrogen-bond acceptors (Lipinski definition) is 4. The lowest BCUT2D eigenvalue weighted by molar-refractivity contribution is -0.123. The highest BCUT2D eigenvalue weighted by atomic mass is 19.1. The highest BCUT2D eigenvalue weighted by Gasteiger charge is 2.24. The van der Waals surface area contributed by atoms with Gasteiger partial charge in [-0.25, -0.2) is 9.18 Å².